The Balaban J connectivity index is 2.91. The Bertz CT molecular complexity index is 909. The van der Waals surface area contributed by atoms with Gasteiger partial charge in [0.25, 0.3) is 0 Å². The fourth-order valence-corrected chi connectivity index (χ4v) is 4.83. The highest BCUT2D eigenvalue weighted by Crippen LogP contribution is 2.47. The van der Waals surface area contributed by atoms with Crippen molar-refractivity contribution >= 4 is 0 Å². The normalized spacial score (nSPS) is 13.5. The molecule has 36 heavy (non-hydrogen) atoms. The van der Waals surface area contributed by atoms with E-state index in [2.05, 4.69) is 114 Å². The molecule has 0 saturated carbocycles. The molecule has 2 heteroatoms. The maximum Gasteiger partial charge on any atom is 0.123 e. The van der Waals surface area contributed by atoms with Crippen molar-refractivity contribution < 1.29 is 10.2 Å². The van der Waals surface area contributed by atoms with Crippen molar-refractivity contribution in [3.05, 3.63) is 57.6 Å². The van der Waals surface area contributed by atoms with E-state index in [4.69, 9.17) is 0 Å². The Morgan fingerprint density at radius 2 is 0.694 bits per heavy atom. The van der Waals surface area contributed by atoms with Gasteiger partial charge >= 0.3 is 0 Å². The van der Waals surface area contributed by atoms with Gasteiger partial charge < -0.3 is 10.2 Å². The standard InChI is InChI=1S/C34H54O2/c1-14-31(6,7)25-18-23(19-26(29(25)35)32(8,9)15-2)22(5)24-20-27(33(10,11)16-3)30(36)28(21-24)34(12,13)17-4/h18-22,35-36H,14-17H2,1-13H3. The molecule has 2 aromatic carbocycles. The van der Waals surface area contributed by atoms with E-state index in [9.17, 15) is 10.2 Å². The van der Waals surface area contributed by atoms with Crippen LogP contribution in [0.3, 0.4) is 0 Å². The zero-order valence-corrected chi connectivity index (χ0v) is 25.6. The van der Waals surface area contributed by atoms with Crippen LogP contribution in [-0.4, -0.2) is 10.2 Å². The van der Waals surface area contributed by atoms with Gasteiger partial charge in [-0.2, -0.15) is 0 Å². The zero-order chi connectivity index (χ0) is 27.9. The van der Waals surface area contributed by atoms with E-state index in [1.165, 1.54) is 11.1 Å². The quantitative estimate of drug-likeness (QED) is 0.345. The van der Waals surface area contributed by atoms with Crippen LogP contribution in [-0.2, 0) is 21.7 Å². The van der Waals surface area contributed by atoms with Crippen molar-refractivity contribution in [1.82, 2.24) is 0 Å². The molecule has 0 radical (unpaired) electrons. The Morgan fingerprint density at radius 1 is 0.500 bits per heavy atom. The number of aromatic hydroxyl groups is 2. The van der Waals surface area contributed by atoms with Gasteiger partial charge in [-0.3, -0.25) is 0 Å². The van der Waals surface area contributed by atoms with Crippen molar-refractivity contribution in [3.63, 3.8) is 0 Å². The van der Waals surface area contributed by atoms with E-state index in [1.807, 2.05) is 0 Å². The van der Waals surface area contributed by atoms with Crippen molar-refractivity contribution in [2.75, 3.05) is 0 Å². The molecule has 2 aromatic rings. The predicted octanol–water partition coefficient (Wildman–Crippen LogP) is 10.00. The third-order valence-corrected chi connectivity index (χ3v) is 9.72. The first-order valence-electron chi connectivity index (χ1n) is 14.2. The van der Waals surface area contributed by atoms with Crippen LogP contribution in [0.1, 0.15) is 155 Å². The number of phenolic OH excluding ortho intramolecular Hbond substituents is 2. The second kappa shape index (κ2) is 10.4. The summed E-state index contributed by atoms with van der Waals surface area (Å²) in [5.74, 6) is 1.04. The van der Waals surface area contributed by atoms with E-state index in [0.29, 0.717) is 11.5 Å². The van der Waals surface area contributed by atoms with Crippen LogP contribution >= 0.6 is 0 Å². The van der Waals surface area contributed by atoms with E-state index >= 15 is 0 Å². The highest BCUT2D eigenvalue weighted by Gasteiger charge is 2.33. The molecule has 0 aliphatic heterocycles. The lowest BCUT2D eigenvalue weighted by Crippen LogP contribution is -2.23. The Labute approximate surface area is 222 Å². The smallest absolute Gasteiger partial charge is 0.123 e. The van der Waals surface area contributed by atoms with Crippen molar-refractivity contribution in [2.24, 2.45) is 0 Å². The van der Waals surface area contributed by atoms with E-state index in [0.717, 1.165) is 47.9 Å². The van der Waals surface area contributed by atoms with Crippen LogP contribution in [0.2, 0.25) is 0 Å². The lowest BCUT2D eigenvalue weighted by molar-refractivity contribution is 0.399. The maximum atomic E-state index is 11.5. The third-order valence-electron chi connectivity index (χ3n) is 9.72. The number of phenols is 2. The average molecular weight is 495 g/mol. The molecule has 0 heterocycles. The van der Waals surface area contributed by atoms with Gasteiger partial charge in [-0.1, -0.05) is 114 Å². The minimum absolute atomic E-state index is 0.127. The van der Waals surface area contributed by atoms with E-state index < -0.39 is 0 Å². The summed E-state index contributed by atoms with van der Waals surface area (Å²) in [6, 6.07) is 8.95. The molecule has 2 nitrogen and oxygen atoms in total. The van der Waals surface area contributed by atoms with Gasteiger partial charge in [0.1, 0.15) is 11.5 Å². The molecule has 0 aliphatic rings. The molecular formula is C34H54O2. The van der Waals surface area contributed by atoms with Gasteiger partial charge in [0, 0.05) is 28.2 Å². The van der Waals surface area contributed by atoms with Gasteiger partial charge in [0.15, 0.2) is 0 Å². The number of benzene rings is 2. The minimum atomic E-state index is -0.127. The first-order valence-corrected chi connectivity index (χ1v) is 14.2. The lowest BCUT2D eigenvalue weighted by Gasteiger charge is -2.34. The minimum Gasteiger partial charge on any atom is -0.507 e. The van der Waals surface area contributed by atoms with Gasteiger partial charge in [0.05, 0.1) is 0 Å². The monoisotopic (exact) mass is 494 g/mol. The summed E-state index contributed by atoms with van der Waals surface area (Å²) in [6.07, 6.45) is 3.81. The summed E-state index contributed by atoms with van der Waals surface area (Å²) in [7, 11) is 0. The van der Waals surface area contributed by atoms with Crippen LogP contribution in [0.25, 0.3) is 0 Å². The molecule has 0 fully saturated rings. The summed E-state index contributed by atoms with van der Waals surface area (Å²) in [6.45, 7) is 28.9. The van der Waals surface area contributed by atoms with Crippen molar-refractivity contribution in [2.45, 2.75) is 143 Å². The van der Waals surface area contributed by atoms with Crippen LogP contribution < -0.4 is 0 Å². The zero-order valence-electron chi connectivity index (χ0n) is 25.6. The molecule has 0 unspecified atom stereocenters. The highest BCUT2D eigenvalue weighted by molar-refractivity contribution is 5.55. The average Bonchev–Trinajstić information content (AvgIpc) is 2.83. The Hall–Kier alpha value is -1.96. The summed E-state index contributed by atoms with van der Waals surface area (Å²) in [5.41, 5.74) is 6.09. The van der Waals surface area contributed by atoms with Crippen molar-refractivity contribution in [3.8, 4) is 11.5 Å². The SMILES string of the molecule is CCC(C)(C)c1cc(C(C)c2cc(C(C)(C)CC)c(O)c(C(C)(C)CC)c2)cc(C(C)(C)CC)c1O. The molecular weight excluding hydrogens is 440 g/mol. The van der Waals surface area contributed by atoms with Crippen LogP contribution in [0.4, 0.5) is 0 Å². The predicted molar refractivity (Wildman–Crippen MR) is 157 cm³/mol. The fourth-order valence-electron chi connectivity index (χ4n) is 4.83. The Morgan fingerprint density at radius 3 is 0.861 bits per heavy atom. The summed E-state index contributed by atoms with van der Waals surface area (Å²) < 4.78 is 0. The van der Waals surface area contributed by atoms with Gasteiger partial charge in [-0.05, 0) is 58.5 Å². The number of hydrogen-bond acceptors (Lipinski definition) is 2. The van der Waals surface area contributed by atoms with Crippen LogP contribution in [0.15, 0.2) is 24.3 Å². The topological polar surface area (TPSA) is 40.5 Å². The molecule has 0 amide bonds. The molecule has 0 spiro atoms. The van der Waals surface area contributed by atoms with E-state index in [1.54, 1.807) is 0 Å². The van der Waals surface area contributed by atoms with Crippen molar-refractivity contribution in [1.29, 1.82) is 0 Å². The molecule has 2 N–H and O–H groups in total. The summed E-state index contributed by atoms with van der Waals surface area (Å²) >= 11 is 0. The second-order valence-electron chi connectivity index (χ2n) is 13.6. The summed E-state index contributed by atoms with van der Waals surface area (Å²) in [5, 5.41) is 22.9. The molecule has 0 aliphatic carbocycles. The van der Waals surface area contributed by atoms with Crippen LogP contribution in [0.5, 0.6) is 11.5 Å². The first kappa shape index (κ1) is 30.3. The van der Waals surface area contributed by atoms with Crippen LogP contribution in [0, 0.1) is 0 Å². The highest BCUT2D eigenvalue weighted by atomic mass is 16.3. The first-order chi connectivity index (χ1) is 16.4. The van der Waals surface area contributed by atoms with E-state index in [-0.39, 0.29) is 27.6 Å². The number of rotatable bonds is 10. The largest absolute Gasteiger partial charge is 0.507 e. The molecule has 0 saturated heterocycles. The second-order valence-corrected chi connectivity index (χ2v) is 13.6. The molecule has 2 rings (SSSR count). The third kappa shape index (κ3) is 5.63. The molecule has 202 valence electrons. The molecule has 0 atom stereocenters. The van der Waals surface area contributed by atoms with Gasteiger partial charge in [-0.25, -0.2) is 0 Å². The summed E-state index contributed by atoms with van der Waals surface area (Å²) in [4.78, 5) is 0. The molecule has 0 bridgehead atoms. The lowest BCUT2D eigenvalue weighted by atomic mass is 9.71. The maximum absolute atomic E-state index is 11.5. The van der Waals surface area contributed by atoms with Gasteiger partial charge in [0.2, 0.25) is 0 Å². The van der Waals surface area contributed by atoms with Gasteiger partial charge in [-0.15, -0.1) is 0 Å². The molecule has 0 aromatic heterocycles. The Kier molecular flexibility index (Phi) is 8.76. The number of hydrogen-bond donors (Lipinski definition) is 2. The fraction of sp³-hybridized carbons (Fsp3) is 0.647.